The van der Waals surface area contributed by atoms with Gasteiger partial charge in [-0.25, -0.2) is 4.39 Å². The largest absolute Gasteiger partial charge is 0.398 e. The molecule has 0 spiro atoms. The molecule has 0 saturated heterocycles. The molecule has 0 aromatic heterocycles. The Labute approximate surface area is 124 Å². The van der Waals surface area contributed by atoms with Crippen molar-refractivity contribution >= 4 is 29.1 Å². The summed E-state index contributed by atoms with van der Waals surface area (Å²) in [6.45, 7) is -0.182. The summed E-state index contributed by atoms with van der Waals surface area (Å²) in [6, 6.07) is 8.67. The number of rotatable bonds is 2. The maximum atomic E-state index is 13.8. The molecule has 1 aliphatic rings. The van der Waals surface area contributed by atoms with Gasteiger partial charge in [0.1, 0.15) is 5.82 Å². The minimum atomic E-state index is -0.524. The lowest BCUT2D eigenvalue weighted by molar-refractivity contribution is 0.0641. The first-order valence-corrected chi connectivity index (χ1v) is 6.55. The number of fused-ring (bicyclic) bond motifs is 1. The molecule has 4 nitrogen and oxygen atoms in total. The number of nitrogens with two attached hydrogens (primary N) is 1. The number of imide groups is 1. The van der Waals surface area contributed by atoms with Crippen LogP contribution in [-0.4, -0.2) is 16.7 Å². The van der Waals surface area contributed by atoms with E-state index in [1.165, 1.54) is 24.3 Å². The zero-order chi connectivity index (χ0) is 15.1. The van der Waals surface area contributed by atoms with Gasteiger partial charge in [0.2, 0.25) is 0 Å². The Kier molecular flexibility index (Phi) is 3.14. The highest BCUT2D eigenvalue weighted by molar-refractivity contribution is 6.30. The Morgan fingerprint density at radius 1 is 1.14 bits per heavy atom. The molecule has 1 heterocycles. The van der Waals surface area contributed by atoms with Crippen molar-refractivity contribution in [3.63, 3.8) is 0 Å². The van der Waals surface area contributed by atoms with Crippen molar-refractivity contribution in [2.45, 2.75) is 6.54 Å². The Morgan fingerprint density at radius 3 is 2.62 bits per heavy atom. The molecule has 2 N–H and O–H groups in total. The summed E-state index contributed by atoms with van der Waals surface area (Å²) in [7, 11) is 0. The van der Waals surface area contributed by atoms with Crippen LogP contribution in [0, 0.1) is 5.82 Å². The van der Waals surface area contributed by atoms with Crippen molar-refractivity contribution in [3.8, 4) is 0 Å². The fourth-order valence-corrected chi connectivity index (χ4v) is 2.53. The first kappa shape index (κ1) is 13.6. The smallest absolute Gasteiger partial charge is 0.263 e. The number of nitrogens with zero attached hydrogens (tertiary/aromatic N) is 1. The van der Waals surface area contributed by atoms with E-state index in [-0.39, 0.29) is 28.9 Å². The van der Waals surface area contributed by atoms with Crippen molar-refractivity contribution in [1.29, 1.82) is 0 Å². The molecule has 1 aliphatic heterocycles. The molecule has 21 heavy (non-hydrogen) atoms. The number of halogens is 2. The molecule has 3 rings (SSSR count). The molecule has 0 radical (unpaired) electrons. The summed E-state index contributed by atoms with van der Waals surface area (Å²) in [5, 5.41) is 0.336. The highest BCUT2D eigenvalue weighted by Gasteiger charge is 2.37. The summed E-state index contributed by atoms with van der Waals surface area (Å²) in [6.07, 6.45) is 0. The predicted molar refractivity (Wildman–Crippen MR) is 76.5 cm³/mol. The first-order valence-electron chi connectivity index (χ1n) is 6.17. The van der Waals surface area contributed by atoms with Gasteiger partial charge < -0.3 is 5.73 Å². The number of nitrogen functional groups attached to an aromatic ring is 1. The Bertz CT molecular complexity index is 776. The highest BCUT2D eigenvalue weighted by Crippen LogP contribution is 2.29. The van der Waals surface area contributed by atoms with Gasteiger partial charge in [-0.15, -0.1) is 0 Å². The standard InChI is InChI=1S/C15H10ClFN2O2/c16-9-4-5-11(17)8(6-9)7-19-14(20)10-2-1-3-12(18)13(10)15(19)21/h1-6H,7,18H2. The van der Waals surface area contributed by atoms with E-state index >= 15 is 0 Å². The van der Waals surface area contributed by atoms with Crippen molar-refractivity contribution in [2.75, 3.05) is 5.73 Å². The average molecular weight is 305 g/mol. The van der Waals surface area contributed by atoms with Crippen LogP contribution in [0.4, 0.5) is 10.1 Å². The fourth-order valence-electron chi connectivity index (χ4n) is 2.34. The first-order chi connectivity index (χ1) is 9.99. The van der Waals surface area contributed by atoms with Crippen LogP contribution < -0.4 is 5.73 Å². The van der Waals surface area contributed by atoms with Gasteiger partial charge in [-0.1, -0.05) is 17.7 Å². The number of anilines is 1. The van der Waals surface area contributed by atoms with Gasteiger partial charge in [-0.05, 0) is 30.3 Å². The maximum absolute atomic E-state index is 13.8. The van der Waals surface area contributed by atoms with E-state index < -0.39 is 17.6 Å². The number of amides is 2. The monoisotopic (exact) mass is 304 g/mol. The normalized spacial score (nSPS) is 13.7. The van der Waals surface area contributed by atoms with E-state index in [0.717, 1.165) is 4.90 Å². The van der Waals surface area contributed by atoms with Crippen LogP contribution in [0.1, 0.15) is 26.3 Å². The molecule has 6 heteroatoms. The molecule has 0 saturated carbocycles. The third-order valence-electron chi connectivity index (χ3n) is 3.37. The number of hydrogen-bond acceptors (Lipinski definition) is 3. The average Bonchev–Trinajstić information content (AvgIpc) is 2.69. The molecular formula is C15H10ClFN2O2. The van der Waals surface area contributed by atoms with Crippen LogP contribution in [0.25, 0.3) is 0 Å². The minimum absolute atomic E-state index is 0.171. The van der Waals surface area contributed by atoms with E-state index in [9.17, 15) is 14.0 Å². The second kappa shape index (κ2) is 4.86. The molecule has 106 valence electrons. The van der Waals surface area contributed by atoms with Crippen LogP contribution in [-0.2, 0) is 6.54 Å². The Hall–Kier alpha value is -2.40. The van der Waals surface area contributed by atoms with E-state index in [1.54, 1.807) is 12.1 Å². The topological polar surface area (TPSA) is 63.4 Å². The van der Waals surface area contributed by atoms with E-state index in [0.29, 0.717) is 5.02 Å². The second-order valence-corrected chi connectivity index (χ2v) is 5.14. The molecule has 0 aliphatic carbocycles. The molecule has 0 unspecified atom stereocenters. The quantitative estimate of drug-likeness (QED) is 0.685. The summed E-state index contributed by atoms with van der Waals surface area (Å²) >= 11 is 5.81. The third-order valence-corrected chi connectivity index (χ3v) is 3.60. The van der Waals surface area contributed by atoms with Crippen LogP contribution in [0.15, 0.2) is 36.4 Å². The van der Waals surface area contributed by atoms with Crippen LogP contribution in [0.5, 0.6) is 0 Å². The summed E-state index contributed by atoms with van der Waals surface area (Å²) in [5.41, 5.74) is 6.56. The molecule has 2 aromatic carbocycles. The zero-order valence-electron chi connectivity index (χ0n) is 10.8. The van der Waals surface area contributed by atoms with Crippen molar-refractivity contribution in [1.82, 2.24) is 4.90 Å². The van der Waals surface area contributed by atoms with E-state index in [1.807, 2.05) is 0 Å². The van der Waals surface area contributed by atoms with Crippen molar-refractivity contribution in [2.24, 2.45) is 0 Å². The fraction of sp³-hybridized carbons (Fsp3) is 0.0667. The van der Waals surface area contributed by atoms with Crippen LogP contribution >= 0.6 is 11.6 Å². The Morgan fingerprint density at radius 2 is 1.90 bits per heavy atom. The van der Waals surface area contributed by atoms with Crippen molar-refractivity contribution in [3.05, 3.63) is 63.9 Å². The van der Waals surface area contributed by atoms with Crippen molar-refractivity contribution < 1.29 is 14.0 Å². The maximum Gasteiger partial charge on any atom is 0.263 e. The van der Waals surface area contributed by atoms with Gasteiger partial charge in [-0.2, -0.15) is 0 Å². The lowest BCUT2D eigenvalue weighted by Gasteiger charge is -2.14. The van der Waals surface area contributed by atoms with E-state index in [4.69, 9.17) is 17.3 Å². The predicted octanol–water partition coefficient (Wildman–Crippen LogP) is 2.86. The number of carbonyl (C=O) groups is 2. The molecular weight excluding hydrogens is 295 g/mol. The third kappa shape index (κ3) is 2.15. The summed E-state index contributed by atoms with van der Waals surface area (Å²) < 4.78 is 13.8. The molecule has 0 fully saturated rings. The van der Waals surface area contributed by atoms with Gasteiger partial charge in [0.25, 0.3) is 11.8 Å². The summed E-state index contributed by atoms with van der Waals surface area (Å²) in [5.74, 6) is -1.53. The second-order valence-electron chi connectivity index (χ2n) is 4.70. The highest BCUT2D eigenvalue weighted by atomic mass is 35.5. The van der Waals surface area contributed by atoms with Gasteiger partial charge >= 0.3 is 0 Å². The lowest BCUT2D eigenvalue weighted by Crippen LogP contribution is -2.29. The minimum Gasteiger partial charge on any atom is -0.398 e. The molecule has 2 amide bonds. The molecule has 2 aromatic rings. The Balaban J connectivity index is 1.99. The van der Waals surface area contributed by atoms with Crippen LogP contribution in [0.2, 0.25) is 5.02 Å². The van der Waals surface area contributed by atoms with Gasteiger partial charge in [0, 0.05) is 16.3 Å². The lowest BCUT2D eigenvalue weighted by atomic mass is 10.1. The van der Waals surface area contributed by atoms with E-state index in [2.05, 4.69) is 0 Å². The van der Waals surface area contributed by atoms with Gasteiger partial charge in [-0.3, -0.25) is 14.5 Å². The zero-order valence-corrected chi connectivity index (χ0v) is 11.5. The summed E-state index contributed by atoms with van der Waals surface area (Å²) in [4.78, 5) is 25.5. The van der Waals surface area contributed by atoms with Crippen LogP contribution in [0.3, 0.4) is 0 Å². The van der Waals surface area contributed by atoms with Gasteiger partial charge in [0.15, 0.2) is 0 Å². The molecule has 0 atom stereocenters. The SMILES string of the molecule is Nc1cccc2c1C(=O)N(Cc1cc(Cl)ccc1F)C2=O. The molecule has 0 bridgehead atoms. The number of carbonyl (C=O) groups excluding carboxylic acids is 2. The number of benzene rings is 2. The van der Waals surface area contributed by atoms with Gasteiger partial charge in [0.05, 0.1) is 17.7 Å². The number of hydrogen-bond donors (Lipinski definition) is 1.